The molecule has 0 aliphatic rings. The summed E-state index contributed by atoms with van der Waals surface area (Å²) in [5.41, 5.74) is 3.89. The smallest absolute Gasteiger partial charge is 0.163 e. The Morgan fingerprint density at radius 1 is 0.704 bits per heavy atom. The summed E-state index contributed by atoms with van der Waals surface area (Å²) in [5.74, 6) is -0.428. The highest BCUT2D eigenvalue weighted by Gasteiger charge is 2.06. The van der Waals surface area contributed by atoms with E-state index >= 15 is 0 Å². The van der Waals surface area contributed by atoms with Gasteiger partial charge in [-0.1, -0.05) is 36.4 Å². The third-order valence-corrected chi connectivity index (χ3v) is 4.49. The van der Waals surface area contributed by atoms with E-state index < -0.39 is 0 Å². The summed E-state index contributed by atoms with van der Waals surface area (Å²) in [7, 11) is 0. The van der Waals surface area contributed by atoms with Gasteiger partial charge in [-0.15, -0.1) is 0 Å². The predicted octanol–water partition coefficient (Wildman–Crippen LogP) is 4.90. The predicted molar refractivity (Wildman–Crippen MR) is 109 cm³/mol. The first-order valence-electron chi connectivity index (χ1n) is 8.75. The fraction of sp³-hybridized carbons (Fsp3) is 0.0435. The van der Waals surface area contributed by atoms with Gasteiger partial charge >= 0.3 is 0 Å². The number of nitrogens with one attached hydrogen (secondary N) is 2. The van der Waals surface area contributed by atoms with E-state index in [1.54, 1.807) is 12.2 Å². The van der Waals surface area contributed by atoms with Crippen LogP contribution >= 0.6 is 0 Å². The monoisotopic (exact) mass is 354 g/mol. The molecule has 4 aromatic rings. The van der Waals surface area contributed by atoms with Gasteiger partial charge in [0.15, 0.2) is 11.6 Å². The molecule has 4 rings (SSSR count). The van der Waals surface area contributed by atoms with Crippen LogP contribution in [-0.2, 0) is 9.59 Å². The Kier molecular flexibility index (Phi) is 4.54. The van der Waals surface area contributed by atoms with Crippen LogP contribution in [0.3, 0.4) is 0 Å². The van der Waals surface area contributed by atoms with E-state index in [0.29, 0.717) is 0 Å². The van der Waals surface area contributed by atoms with E-state index in [4.69, 9.17) is 0 Å². The highest BCUT2D eigenvalue weighted by atomic mass is 16.1. The molecule has 2 aromatic carbocycles. The average Bonchev–Trinajstić information content (AvgIpc) is 3.29. The fourth-order valence-electron chi connectivity index (χ4n) is 3.12. The van der Waals surface area contributed by atoms with Gasteiger partial charge < -0.3 is 9.97 Å². The first kappa shape index (κ1) is 16.8. The number of fused-ring (bicyclic) bond motifs is 2. The van der Waals surface area contributed by atoms with Gasteiger partial charge in [0.2, 0.25) is 0 Å². The largest absolute Gasteiger partial charge is 0.361 e. The Labute approximate surface area is 156 Å². The van der Waals surface area contributed by atoms with Gasteiger partial charge in [0.25, 0.3) is 0 Å². The molecule has 0 aliphatic carbocycles. The average molecular weight is 354 g/mol. The highest BCUT2D eigenvalue weighted by Crippen LogP contribution is 2.20. The van der Waals surface area contributed by atoms with Crippen molar-refractivity contribution in [3.8, 4) is 0 Å². The van der Waals surface area contributed by atoms with Crippen molar-refractivity contribution in [3.05, 3.63) is 84.2 Å². The molecule has 0 aliphatic heterocycles. The lowest BCUT2D eigenvalue weighted by molar-refractivity contribution is -0.121. The SMILES string of the molecule is O=C(C=Cc1c[nH]c2ccccc12)CC(=O)C=Cc1c[nH]c2ccccc12. The molecule has 0 amide bonds. The van der Waals surface area contributed by atoms with Crippen molar-refractivity contribution >= 4 is 45.5 Å². The number of carbonyl (C=O) groups is 2. The number of hydrogen-bond acceptors (Lipinski definition) is 2. The highest BCUT2D eigenvalue weighted by molar-refractivity contribution is 6.11. The number of ketones is 2. The van der Waals surface area contributed by atoms with Gasteiger partial charge in [0, 0.05) is 34.2 Å². The molecule has 0 radical (unpaired) electrons. The molecule has 0 saturated heterocycles. The number of benzene rings is 2. The Balaban J connectivity index is 1.41. The zero-order valence-corrected chi connectivity index (χ0v) is 14.6. The lowest BCUT2D eigenvalue weighted by Gasteiger charge is -1.93. The quantitative estimate of drug-likeness (QED) is 0.382. The Bertz CT molecular complexity index is 1100. The summed E-state index contributed by atoms with van der Waals surface area (Å²) in [5, 5.41) is 2.10. The van der Waals surface area contributed by atoms with Crippen molar-refractivity contribution < 1.29 is 9.59 Å². The van der Waals surface area contributed by atoms with E-state index in [1.807, 2.05) is 60.9 Å². The number of aromatic amines is 2. The van der Waals surface area contributed by atoms with Crippen LogP contribution in [-0.4, -0.2) is 21.5 Å². The van der Waals surface area contributed by atoms with Crippen LogP contribution < -0.4 is 0 Å². The summed E-state index contributed by atoms with van der Waals surface area (Å²) in [6.45, 7) is 0. The molecule has 4 heteroatoms. The summed E-state index contributed by atoms with van der Waals surface area (Å²) in [4.78, 5) is 30.5. The van der Waals surface area contributed by atoms with Gasteiger partial charge in [0.05, 0.1) is 6.42 Å². The standard InChI is InChI=1S/C23H18N2O2/c26-18(11-9-16-14-24-22-7-3-1-5-20(16)22)13-19(27)12-10-17-15-25-23-8-4-2-6-21(17)23/h1-12,14-15,24-25H,13H2. The normalized spacial score (nSPS) is 11.9. The second-order valence-electron chi connectivity index (χ2n) is 6.36. The second-order valence-corrected chi connectivity index (χ2v) is 6.36. The Morgan fingerprint density at radius 2 is 1.15 bits per heavy atom. The summed E-state index contributed by atoms with van der Waals surface area (Å²) in [6, 6.07) is 15.8. The van der Waals surface area contributed by atoms with Crippen molar-refractivity contribution in [1.82, 2.24) is 9.97 Å². The molecule has 2 N–H and O–H groups in total. The number of hydrogen-bond donors (Lipinski definition) is 2. The minimum absolute atomic E-state index is 0.141. The van der Waals surface area contributed by atoms with Crippen molar-refractivity contribution in [3.63, 3.8) is 0 Å². The number of rotatable bonds is 6. The van der Waals surface area contributed by atoms with Crippen LogP contribution in [0, 0.1) is 0 Å². The zero-order valence-electron chi connectivity index (χ0n) is 14.6. The maximum absolute atomic E-state index is 12.1. The molecule has 2 aromatic heterocycles. The van der Waals surface area contributed by atoms with E-state index in [9.17, 15) is 9.59 Å². The minimum atomic E-state index is -0.214. The molecule has 0 bridgehead atoms. The van der Waals surface area contributed by atoms with Gasteiger partial charge in [0.1, 0.15) is 0 Å². The number of para-hydroxylation sites is 2. The Morgan fingerprint density at radius 3 is 1.63 bits per heavy atom. The molecule has 27 heavy (non-hydrogen) atoms. The van der Waals surface area contributed by atoms with E-state index in [-0.39, 0.29) is 18.0 Å². The van der Waals surface area contributed by atoms with Crippen molar-refractivity contribution in [2.24, 2.45) is 0 Å². The van der Waals surface area contributed by atoms with E-state index in [0.717, 1.165) is 32.9 Å². The lowest BCUT2D eigenvalue weighted by atomic mass is 10.1. The van der Waals surface area contributed by atoms with E-state index in [2.05, 4.69) is 9.97 Å². The topological polar surface area (TPSA) is 65.7 Å². The molecule has 0 atom stereocenters. The molecular formula is C23H18N2O2. The maximum Gasteiger partial charge on any atom is 0.163 e. The summed E-state index contributed by atoms with van der Waals surface area (Å²) < 4.78 is 0. The molecular weight excluding hydrogens is 336 g/mol. The summed E-state index contributed by atoms with van der Waals surface area (Å²) >= 11 is 0. The second kappa shape index (κ2) is 7.30. The third kappa shape index (κ3) is 3.65. The number of aromatic nitrogens is 2. The maximum atomic E-state index is 12.1. The van der Waals surface area contributed by atoms with E-state index in [1.165, 1.54) is 12.2 Å². The zero-order chi connectivity index (χ0) is 18.6. The Hall–Kier alpha value is -3.66. The molecule has 132 valence electrons. The van der Waals surface area contributed by atoms with Gasteiger partial charge in [-0.25, -0.2) is 0 Å². The molecule has 0 saturated carbocycles. The molecule has 2 heterocycles. The number of H-pyrrole nitrogens is 2. The first-order chi connectivity index (χ1) is 13.2. The molecule has 0 unspecified atom stereocenters. The fourth-order valence-corrected chi connectivity index (χ4v) is 3.12. The number of allylic oxidation sites excluding steroid dienone is 2. The van der Waals surface area contributed by atoms with Crippen molar-refractivity contribution in [2.75, 3.05) is 0 Å². The van der Waals surface area contributed by atoms with Crippen LogP contribution in [0.5, 0.6) is 0 Å². The van der Waals surface area contributed by atoms with Crippen LogP contribution in [0.4, 0.5) is 0 Å². The van der Waals surface area contributed by atoms with Gasteiger partial charge in [-0.3, -0.25) is 9.59 Å². The lowest BCUT2D eigenvalue weighted by Crippen LogP contribution is -2.01. The minimum Gasteiger partial charge on any atom is -0.361 e. The molecule has 0 spiro atoms. The summed E-state index contributed by atoms with van der Waals surface area (Å²) in [6.07, 6.45) is 9.99. The van der Waals surface area contributed by atoms with Crippen molar-refractivity contribution in [1.29, 1.82) is 0 Å². The van der Waals surface area contributed by atoms with Crippen LogP contribution in [0.15, 0.2) is 73.1 Å². The third-order valence-electron chi connectivity index (χ3n) is 4.49. The first-order valence-corrected chi connectivity index (χ1v) is 8.75. The molecule has 0 fully saturated rings. The molecule has 4 nitrogen and oxygen atoms in total. The van der Waals surface area contributed by atoms with Crippen molar-refractivity contribution in [2.45, 2.75) is 6.42 Å². The van der Waals surface area contributed by atoms with Gasteiger partial charge in [-0.2, -0.15) is 0 Å². The van der Waals surface area contributed by atoms with Crippen LogP contribution in [0.25, 0.3) is 34.0 Å². The van der Waals surface area contributed by atoms with Gasteiger partial charge in [-0.05, 0) is 47.6 Å². The number of carbonyl (C=O) groups excluding carboxylic acids is 2. The van der Waals surface area contributed by atoms with Crippen LogP contribution in [0.1, 0.15) is 17.5 Å². The van der Waals surface area contributed by atoms with Crippen LogP contribution in [0.2, 0.25) is 0 Å².